The van der Waals surface area contributed by atoms with Crippen molar-refractivity contribution >= 4 is 34.5 Å². The number of halogens is 2. The van der Waals surface area contributed by atoms with Crippen LogP contribution in [0.15, 0.2) is 0 Å². The summed E-state index contributed by atoms with van der Waals surface area (Å²) in [5, 5.41) is 19.1. The van der Waals surface area contributed by atoms with Crippen molar-refractivity contribution in [1.82, 2.24) is 0 Å². The van der Waals surface area contributed by atoms with E-state index in [0.717, 1.165) is 0 Å². The van der Waals surface area contributed by atoms with Crippen LogP contribution in [0.4, 0.5) is 4.39 Å². The summed E-state index contributed by atoms with van der Waals surface area (Å²) in [5.74, 6) is -4.63. The van der Waals surface area contributed by atoms with Crippen molar-refractivity contribution in [3.8, 4) is 0 Å². The summed E-state index contributed by atoms with van der Waals surface area (Å²) in [5.41, 5.74) is 0. The van der Waals surface area contributed by atoms with E-state index in [1.165, 1.54) is 0 Å². The average Bonchev–Trinajstić information content (AvgIpc) is 1.65. The minimum Gasteiger partial charge on any atom is -0.545 e. The van der Waals surface area contributed by atoms with Crippen LogP contribution in [0.1, 0.15) is 0 Å². The van der Waals surface area contributed by atoms with E-state index in [0.29, 0.717) is 22.6 Å². The van der Waals surface area contributed by atoms with Crippen molar-refractivity contribution in [3.63, 3.8) is 0 Å². The molecule has 0 amide bonds. The second-order valence-electron chi connectivity index (χ2n) is 1.15. The Morgan fingerprint density at radius 3 is 1.36 bits per heavy atom. The molecule has 0 N–H and O–H groups in total. The third-order valence-corrected chi connectivity index (χ3v) is 1.39. The Labute approximate surface area is 120 Å². The first-order valence-corrected chi connectivity index (χ1v) is 2.77. The monoisotopic (exact) mass is 292 g/mol. The first kappa shape index (κ1) is 18.4. The average molecular weight is 292 g/mol. The Morgan fingerprint density at radius 1 is 1.18 bits per heavy atom. The number of hydrogen-bond acceptors (Lipinski definition) is 4. The van der Waals surface area contributed by atoms with Gasteiger partial charge in [0.2, 0.25) is 3.68 Å². The van der Waals surface area contributed by atoms with Crippen LogP contribution in [0.5, 0.6) is 0 Å². The van der Waals surface area contributed by atoms with Gasteiger partial charge in [0.25, 0.3) is 0 Å². The van der Waals surface area contributed by atoms with Gasteiger partial charge in [-0.05, 0) is 22.6 Å². The predicted molar refractivity (Wildman–Crippen MR) is 27.9 cm³/mol. The molecule has 0 heterocycles. The van der Waals surface area contributed by atoms with Crippen molar-refractivity contribution in [2.75, 3.05) is 0 Å². The third kappa shape index (κ3) is 5.78. The number of carboxylic acids is 2. The maximum absolute atomic E-state index is 12.0. The minimum absolute atomic E-state index is 0. The summed E-state index contributed by atoms with van der Waals surface area (Å²) in [6.45, 7) is 0. The summed E-state index contributed by atoms with van der Waals surface area (Å²) < 4.78 is 8.58. The Morgan fingerprint density at radius 2 is 1.36 bits per heavy atom. The van der Waals surface area contributed by atoms with Gasteiger partial charge >= 0.3 is 59.1 Å². The SMILES string of the molecule is O=C([O-])C(F)(I)C(=O)[O-].[Na+].[Na+]. The molecule has 0 bridgehead atoms. The van der Waals surface area contributed by atoms with E-state index in [9.17, 15) is 24.2 Å². The van der Waals surface area contributed by atoms with Gasteiger partial charge in [0, 0.05) is 0 Å². The maximum Gasteiger partial charge on any atom is 1.00 e. The number of carbonyl (C=O) groups is 2. The molecule has 0 aromatic rings. The van der Waals surface area contributed by atoms with Crippen molar-refractivity contribution in [2.45, 2.75) is 3.68 Å². The van der Waals surface area contributed by atoms with E-state index in [1.54, 1.807) is 0 Å². The zero-order valence-electron chi connectivity index (χ0n) is 5.89. The molecule has 0 unspecified atom stereocenters. The number of alkyl halides is 2. The van der Waals surface area contributed by atoms with Crippen LogP contribution in [0.3, 0.4) is 0 Å². The van der Waals surface area contributed by atoms with E-state index < -0.39 is 15.6 Å². The van der Waals surface area contributed by atoms with Crippen molar-refractivity contribution in [2.24, 2.45) is 0 Å². The first-order chi connectivity index (χ1) is 3.89. The molecule has 0 aliphatic rings. The van der Waals surface area contributed by atoms with E-state index in [2.05, 4.69) is 0 Å². The summed E-state index contributed by atoms with van der Waals surface area (Å²) in [7, 11) is 0. The summed E-state index contributed by atoms with van der Waals surface area (Å²) in [6, 6.07) is 0. The number of carbonyl (C=O) groups excluding carboxylic acids is 2. The minimum atomic E-state index is -3.42. The molecule has 52 valence electrons. The molecule has 0 saturated carbocycles. The van der Waals surface area contributed by atoms with E-state index in [1.807, 2.05) is 0 Å². The zero-order chi connectivity index (χ0) is 7.65. The van der Waals surface area contributed by atoms with Crippen molar-refractivity contribution in [1.29, 1.82) is 0 Å². The molecule has 0 fully saturated rings. The van der Waals surface area contributed by atoms with Crippen LogP contribution in [0, 0.1) is 0 Å². The number of hydrogen-bond donors (Lipinski definition) is 0. The van der Waals surface area contributed by atoms with Gasteiger partial charge in [-0.2, -0.15) is 0 Å². The van der Waals surface area contributed by atoms with Gasteiger partial charge in [-0.15, -0.1) is 0 Å². The maximum atomic E-state index is 12.0. The van der Waals surface area contributed by atoms with E-state index in [4.69, 9.17) is 0 Å². The first-order valence-electron chi connectivity index (χ1n) is 1.69. The van der Waals surface area contributed by atoms with Crippen LogP contribution in [-0.4, -0.2) is 15.6 Å². The molecule has 0 atom stereocenters. The third-order valence-electron chi connectivity index (χ3n) is 0.513. The van der Waals surface area contributed by atoms with Crippen LogP contribution < -0.4 is 69.3 Å². The van der Waals surface area contributed by atoms with Gasteiger partial charge in [0.1, 0.15) is 0 Å². The Hall–Kier alpha value is 1.60. The topological polar surface area (TPSA) is 80.3 Å². The fraction of sp³-hybridized carbons (Fsp3) is 0.333. The van der Waals surface area contributed by atoms with Gasteiger partial charge in [-0.3, -0.25) is 0 Å². The zero-order valence-corrected chi connectivity index (χ0v) is 12.0. The molecule has 0 saturated heterocycles. The number of carboxylic acid groups (broad SMARTS) is 2. The molecule has 4 nitrogen and oxygen atoms in total. The predicted octanol–water partition coefficient (Wildman–Crippen LogP) is -8.41. The molecule has 11 heavy (non-hydrogen) atoms. The van der Waals surface area contributed by atoms with E-state index >= 15 is 0 Å². The quantitative estimate of drug-likeness (QED) is 0.219. The molecule has 0 aromatic carbocycles. The van der Waals surface area contributed by atoms with Crippen molar-refractivity contribution in [3.05, 3.63) is 0 Å². The standard InChI is InChI=1S/C3H2FIO4.2Na/c4-3(5,1(6)7)2(8)9;;/h(H,6,7)(H,8,9);;/q;2*+1/p-2. The van der Waals surface area contributed by atoms with Crippen LogP contribution in [0.25, 0.3) is 0 Å². The van der Waals surface area contributed by atoms with E-state index in [-0.39, 0.29) is 59.1 Å². The fourth-order valence-electron chi connectivity index (χ4n) is 0.0833. The largest absolute Gasteiger partial charge is 1.00 e. The second kappa shape index (κ2) is 7.05. The fourth-order valence-corrected chi connectivity index (χ4v) is 0.0833. The molecule has 0 aliphatic carbocycles. The molecule has 0 aliphatic heterocycles. The molecule has 0 rings (SSSR count). The summed E-state index contributed by atoms with van der Waals surface area (Å²) in [4.78, 5) is 19.1. The molecule has 8 heteroatoms. The van der Waals surface area contributed by atoms with Crippen LogP contribution in [-0.2, 0) is 9.59 Å². The number of rotatable bonds is 2. The van der Waals surface area contributed by atoms with Gasteiger partial charge in [-0.1, -0.05) is 0 Å². The molecular weight excluding hydrogens is 292 g/mol. The Bertz CT molecular complexity index is 145. The van der Waals surface area contributed by atoms with Crippen LogP contribution in [0.2, 0.25) is 0 Å². The Kier molecular flexibility index (Phi) is 11.8. The van der Waals surface area contributed by atoms with Crippen LogP contribution >= 0.6 is 22.6 Å². The normalized spacial score (nSPS) is 8.91. The van der Waals surface area contributed by atoms with Gasteiger partial charge < -0.3 is 19.8 Å². The van der Waals surface area contributed by atoms with Gasteiger partial charge in [-0.25, -0.2) is 4.39 Å². The summed E-state index contributed by atoms with van der Waals surface area (Å²) in [6.07, 6.45) is 0. The molecule has 0 aromatic heterocycles. The van der Waals surface area contributed by atoms with Gasteiger partial charge in [0.15, 0.2) is 0 Å². The molecule has 0 radical (unpaired) electrons. The number of aliphatic carboxylic acids is 2. The Balaban J connectivity index is -0.000000320. The summed E-state index contributed by atoms with van der Waals surface area (Å²) >= 11 is 0.565. The second-order valence-corrected chi connectivity index (χ2v) is 2.64. The smallest absolute Gasteiger partial charge is 0.545 e. The van der Waals surface area contributed by atoms with Crippen molar-refractivity contribution < 1.29 is 83.3 Å². The van der Waals surface area contributed by atoms with Gasteiger partial charge in [0.05, 0.1) is 11.9 Å². The molecular formula is C3FINa2O4. The molecule has 0 spiro atoms.